The Balaban J connectivity index is 1.61. The monoisotopic (exact) mass is 286 g/mol. The molecule has 0 radical (unpaired) electrons. The van der Waals surface area contributed by atoms with Crippen LogP contribution in [0.5, 0.6) is 0 Å². The number of nitrogens with two attached hydrogens (primary N) is 1. The van der Waals surface area contributed by atoms with Crippen LogP contribution < -0.4 is 5.73 Å². The molecule has 2 aliphatic rings. The van der Waals surface area contributed by atoms with Gasteiger partial charge in [0, 0.05) is 18.6 Å². The SMILES string of the molecule is CC1CC1CN(C)C1(CN)CCC(c2ccccc2)CC1. The van der Waals surface area contributed by atoms with E-state index >= 15 is 0 Å². The Labute approximate surface area is 129 Å². The topological polar surface area (TPSA) is 29.3 Å². The summed E-state index contributed by atoms with van der Waals surface area (Å²) in [6.07, 6.45) is 6.48. The summed E-state index contributed by atoms with van der Waals surface area (Å²) in [4.78, 5) is 2.60. The lowest BCUT2D eigenvalue weighted by Crippen LogP contribution is -2.54. The highest BCUT2D eigenvalue weighted by atomic mass is 15.2. The van der Waals surface area contributed by atoms with E-state index in [0.717, 1.165) is 24.3 Å². The predicted octanol–water partition coefficient (Wildman–Crippen LogP) is 3.63. The van der Waals surface area contributed by atoms with E-state index in [1.54, 1.807) is 0 Å². The van der Waals surface area contributed by atoms with Crippen LogP contribution in [-0.4, -0.2) is 30.6 Å². The van der Waals surface area contributed by atoms with Gasteiger partial charge in [0.2, 0.25) is 0 Å². The molecule has 2 atom stereocenters. The lowest BCUT2D eigenvalue weighted by Gasteiger charge is -2.46. The fourth-order valence-electron chi connectivity index (χ4n) is 4.15. The zero-order chi connectivity index (χ0) is 14.9. The van der Waals surface area contributed by atoms with E-state index in [1.807, 2.05) is 0 Å². The van der Waals surface area contributed by atoms with Crippen molar-refractivity contribution in [1.29, 1.82) is 0 Å². The Kier molecular flexibility index (Phi) is 4.37. The average molecular weight is 286 g/mol. The normalized spacial score (nSPS) is 35.9. The molecular weight excluding hydrogens is 256 g/mol. The first-order valence-corrected chi connectivity index (χ1v) is 8.61. The standard InChI is InChI=1S/C19H30N2/c1-15-12-18(15)13-21(2)19(14-20)10-8-17(9-11-19)16-6-4-3-5-7-16/h3-7,15,17-18H,8-14,20H2,1-2H3. The smallest absolute Gasteiger partial charge is 0.0329 e. The first-order valence-electron chi connectivity index (χ1n) is 8.61. The van der Waals surface area contributed by atoms with Crippen LogP contribution in [0.25, 0.3) is 0 Å². The van der Waals surface area contributed by atoms with E-state index in [4.69, 9.17) is 5.73 Å². The van der Waals surface area contributed by atoms with Gasteiger partial charge in [-0.25, -0.2) is 0 Å². The zero-order valence-electron chi connectivity index (χ0n) is 13.6. The molecule has 2 saturated carbocycles. The van der Waals surface area contributed by atoms with E-state index in [1.165, 1.54) is 44.2 Å². The van der Waals surface area contributed by atoms with Gasteiger partial charge in [0.15, 0.2) is 0 Å². The van der Waals surface area contributed by atoms with Crippen LogP contribution in [0.1, 0.15) is 50.5 Å². The maximum Gasteiger partial charge on any atom is 0.0329 e. The Morgan fingerprint density at radius 2 is 1.81 bits per heavy atom. The number of likely N-dealkylation sites (N-methyl/N-ethyl adjacent to an activating group) is 1. The van der Waals surface area contributed by atoms with E-state index in [0.29, 0.717) is 0 Å². The van der Waals surface area contributed by atoms with Crippen molar-refractivity contribution in [3.05, 3.63) is 35.9 Å². The molecule has 2 heteroatoms. The number of rotatable bonds is 5. The van der Waals surface area contributed by atoms with Crippen LogP contribution in [0.4, 0.5) is 0 Å². The third kappa shape index (κ3) is 3.17. The minimum absolute atomic E-state index is 0.258. The number of hydrogen-bond donors (Lipinski definition) is 1. The van der Waals surface area contributed by atoms with Gasteiger partial charge < -0.3 is 5.73 Å². The predicted molar refractivity (Wildman–Crippen MR) is 89.3 cm³/mol. The fourth-order valence-corrected chi connectivity index (χ4v) is 4.15. The van der Waals surface area contributed by atoms with Gasteiger partial charge in [0.05, 0.1) is 0 Å². The summed E-state index contributed by atoms with van der Waals surface area (Å²) in [7, 11) is 2.31. The number of benzene rings is 1. The molecule has 0 amide bonds. The molecule has 0 aliphatic heterocycles. The molecule has 0 saturated heterocycles. The lowest BCUT2D eigenvalue weighted by atomic mass is 9.73. The highest BCUT2D eigenvalue weighted by Gasteiger charge is 2.41. The second-order valence-corrected chi connectivity index (χ2v) is 7.47. The first kappa shape index (κ1) is 15.1. The molecule has 2 fully saturated rings. The van der Waals surface area contributed by atoms with Crippen molar-refractivity contribution in [3.63, 3.8) is 0 Å². The molecule has 0 spiro atoms. The van der Waals surface area contributed by atoms with Crippen molar-refractivity contribution < 1.29 is 0 Å². The molecule has 3 rings (SSSR count). The Morgan fingerprint density at radius 1 is 1.19 bits per heavy atom. The average Bonchev–Trinajstić information content (AvgIpc) is 3.23. The molecule has 0 heterocycles. The van der Waals surface area contributed by atoms with Gasteiger partial charge >= 0.3 is 0 Å². The summed E-state index contributed by atoms with van der Waals surface area (Å²) in [5.41, 5.74) is 7.99. The number of nitrogens with zero attached hydrogens (tertiary/aromatic N) is 1. The van der Waals surface area contributed by atoms with Crippen molar-refractivity contribution in [3.8, 4) is 0 Å². The molecule has 0 bridgehead atoms. The zero-order valence-corrected chi connectivity index (χ0v) is 13.6. The summed E-state index contributed by atoms with van der Waals surface area (Å²) >= 11 is 0. The van der Waals surface area contributed by atoms with Gasteiger partial charge in [0.1, 0.15) is 0 Å². The van der Waals surface area contributed by atoms with Crippen molar-refractivity contribution in [2.45, 2.75) is 50.5 Å². The molecule has 21 heavy (non-hydrogen) atoms. The van der Waals surface area contributed by atoms with Crippen LogP contribution >= 0.6 is 0 Å². The Bertz CT molecular complexity index is 448. The van der Waals surface area contributed by atoms with Gasteiger partial charge in [0.25, 0.3) is 0 Å². The molecule has 1 aromatic rings. The van der Waals surface area contributed by atoms with Gasteiger partial charge in [-0.05, 0) is 62.5 Å². The van der Waals surface area contributed by atoms with Gasteiger partial charge in [-0.3, -0.25) is 4.90 Å². The molecule has 2 unspecified atom stereocenters. The maximum absolute atomic E-state index is 6.21. The van der Waals surface area contributed by atoms with Crippen LogP contribution in [0.15, 0.2) is 30.3 Å². The van der Waals surface area contributed by atoms with Gasteiger partial charge in [-0.1, -0.05) is 37.3 Å². The summed E-state index contributed by atoms with van der Waals surface area (Å²) in [5.74, 6) is 2.59. The van der Waals surface area contributed by atoms with Gasteiger partial charge in [-0.15, -0.1) is 0 Å². The first-order chi connectivity index (χ1) is 10.1. The molecule has 0 aromatic heterocycles. The van der Waals surface area contributed by atoms with Crippen molar-refractivity contribution in [2.75, 3.05) is 20.1 Å². The minimum atomic E-state index is 0.258. The van der Waals surface area contributed by atoms with Crippen LogP contribution in [0, 0.1) is 11.8 Å². The van der Waals surface area contributed by atoms with Crippen molar-refractivity contribution in [1.82, 2.24) is 4.90 Å². The van der Waals surface area contributed by atoms with E-state index < -0.39 is 0 Å². The lowest BCUT2D eigenvalue weighted by molar-refractivity contribution is 0.0709. The second-order valence-electron chi connectivity index (χ2n) is 7.47. The Morgan fingerprint density at radius 3 is 2.33 bits per heavy atom. The van der Waals surface area contributed by atoms with E-state index in [9.17, 15) is 0 Å². The highest BCUT2D eigenvalue weighted by Crippen LogP contribution is 2.43. The molecule has 1 aromatic carbocycles. The summed E-state index contributed by atoms with van der Waals surface area (Å²) < 4.78 is 0. The van der Waals surface area contributed by atoms with Crippen LogP contribution in [-0.2, 0) is 0 Å². The molecule has 2 aliphatic carbocycles. The molecular formula is C19H30N2. The highest BCUT2D eigenvalue weighted by molar-refractivity contribution is 5.20. The Hall–Kier alpha value is -0.860. The summed E-state index contributed by atoms with van der Waals surface area (Å²) in [6, 6.07) is 11.0. The van der Waals surface area contributed by atoms with Crippen molar-refractivity contribution in [2.24, 2.45) is 17.6 Å². The third-order valence-electron chi connectivity index (χ3n) is 6.16. The minimum Gasteiger partial charge on any atom is -0.329 e. The van der Waals surface area contributed by atoms with E-state index in [-0.39, 0.29) is 5.54 Å². The van der Waals surface area contributed by atoms with Crippen LogP contribution in [0.3, 0.4) is 0 Å². The second kappa shape index (κ2) is 6.10. The fraction of sp³-hybridized carbons (Fsp3) is 0.684. The molecule has 116 valence electrons. The quantitative estimate of drug-likeness (QED) is 0.895. The van der Waals surface area contributed by atoms with Crippen LogP contribution in [0.2, 0.25) is 0 Å². The summed E-state index contributed by atoms with van der Waals surface area (Å²) in [5, 5.41) is 0. The third-order valence-corrected chi connectivity index (χ3v) is 6.16. The molecule has 2 N–H and O–H groups in total. The van der Waals surface area contributed by atoms with E-state index in [2.05, 4.69) is 49.2 Å². The maximum atomic E-state index is 6.21. The number of hydrogen-bond acceptors (Lipinski definition) is 2. The molecule has 2 nitrogen and oxygen atoms in total. The largest absolute Gasteiger partial charge is 0.329 e. The van der Waals surface area contributed by atoms with Crippen molar-refractivity contribution >= 4 is 0 Å². The van der Waals surface area contributed by atoms with Gasteiger partial charge in [-0.2, -0.15) is 0 Å². The summed E-state index contributed by atoms with van der Waals surface area (Å²) in [6.45, 7) is 4.43.